The molecule has 28 heavy (non-hydrogen) atoms. The highest BCUT2D eigenvalue weighted by molar-refractivity contribution is 5.74. The number of ether oxygens (including phenoxy) is 1. The third kappa shape index (κ3) is 5.98. The number of carbonyl (C=O) groups is 1. The number of hydrogen-bond acceptors (Lipinski definition) is 3. The van der Waals surface area contributed by atoms with Crippen LogP contribution in [0.4, 0.5) is 18.0 Å². The fraction of sp³-hybridized carbons (Fsp3) is 0.474. The summed E-state index contributed by atoms with van der Waals surface area (Å²) >= 11 is 0. The monoisotopic (exact) mass is 398 g/mol. The number of nitrogens with one attached hydrogen (secondary N) is 1. The van der Waals surface area contributed by atoms with Crippen molar-refractivity contribution in [1.29, 1.82) is 0 Å². The molecule has 0 unspecified atom stereocenters. The molecule has 0 atom stereocenters. The van der Waals surface area contributed by atoms with Gasteiger partial charge in [-0.25, -0.2) is 9.78 Å². The van der Waals surface area contributed by atoms with Crippen molar-refractivity contribution in [2.45, 2.75) is 39.2 Å². The van der Waals surface area contributed by atoms with Crippen LogP contribution in [0.3, 0.4) is 0 Å². The number of methoxy groups -OCH3 is 1. The quantitative estimate of drug-likeness (QED) is 0.740. The number of amides is 2. The molecule has 0 bridgehead atoms. The number of carbonyl (C=O) groups excluding carboxylic acids is 1. The number of benzene rings is 1. The molecule has 1 heterocycles. The van der Waals surface area contributed by atoms with Gasteiger partial charge in [0, 0.05) is 38.6 Å². The Morgan fingerprint density at radius 2 is 2.04 bits per heavy atom. The van der Waals surface area contributed by atoms with Gasteiger partial charge < -0.3 is 19.5 Å². The highest BCUT2D eigenvalue weighted by Gasteiger charge is 2.33. The number of rotatable bonds is 8. The number of imidazole rings is 1. The van der Waals surface area contributed by atoms with Crippen LogP contribution >= 0.6 is 0 Å². The first-order valence-electron chi connectivity index (χ1n) is 8.92. The second-order valence-electron chi connectivity index (χ2n) is 6.64. The lowest BCUT2D eigenvalue weighted by Crippen LogP contribution is -2.44. The van der Waals surface area contributed by atoms with E-state index in [1.54, 1.807) is 16.8 Å². The smallest absolute Gasteiger partial charge is 0.383 e. The van der Waals surface area contributed by atoms with Gasteiger partial charge in [0.1, 0.15) is 5.82 Å². The summed E-state index contributed by atoms with van der Waals surface area (Å²) < 4.78 is 46.4. The second kappa shape index (κ2) is 9.59. The minimum Gasteiger partial charge on any atom is -0.383 e. The Morgan fingerprint density at radius 3 is 2.68 bits per heavy atom. The van der Waals surface area contributed by atoms with Gasteiger partial charge in [-0.15, -0.1) is 0 Å². The highest BCUT2D eigenvalue weighted by atomic mass is 19.4. The van der Waals surface area contributed by atoms with E-state index in [-0.39, 0.29) is 30.7 Å². The van der Waals surface area contributed by atoms with E-state index in [0.29, 0.717) is 19.0 Å². The minimum atomic E-state index is -4.43. The van der Waals surface area contributed by atoms with Gasteiger partial charge in [-0.3, -0.25) is 0 Å². The van der Waals surface area contributed by atoms with Crippen LogP contribution in [-0.4, -0.2) is 46.8 Å². The molecule has 0 spiro atoms. The first kappa shape index (κ1) is 21.7. The zero-order valence-electron chi connectivity index (χ0n) is 16.2. The average molecular weight is 398 g/mol. The summed E-state index contributed by atoms with van der Waals surface area (Å²) in [7, 11) is 1.54. The summed E-state index contributed by atoms with van der Waals surface area (Å²) in [5, 5.41) is 2.81. The van der Waals surface area contributed by atoms with Gasteiger partial charge in [-0.1, -0.05) is 18.2 Å². The SMILES string of the molecule is COCCN(Cc1nccn1Cc1ccccc1C(F)(F)F)C(=O)NC(C)C. The van der Waals surface area contributed by atoms with Crippen molar-refractivity contribution in [3.63, 3.8) is 0 Å². The maximum atomic E-state index is 13.3. The van der Waals surface area contributed by atoms with Crippen molar-refractivity contribution in [3.05, 3.63) is 53.6 Å². The van der Waals surface area contributed by atoms with Crippen LogP contribution in [0.25, 0.3) is 0 Å². The predicted molar refractivity (Wildman–Crippen MR) is 98.7 cm³/mol. The molecular weight excluding hydrogens is 373 g/mol. The van der Waals surface area contributed by atoms with Gasteiger partial charge in [-0.05, 0) is 25.5 Å². The van der Waals surface area contributed by atoms with E-state index in [1.807, 2.05) is 13.8 Å². The van der Waals surface area contributed by atoms with Gasteiger partial charge in [0.15, 0.2) is 0 Å². The van der Waals surface area contributed by atoms with Crippen molar-refractivity contribution >= 4 is 6.03 Å². The number of halogens is 3. The van der Waals surface area contributed by atoms with E-state index in [4.69, 9.17) is 4.74 Å². The largest absolute Gasteiger partial charge is 0.416 e. The number of alkyl halides is 3. The molecule has 1 aromatic carbocycles. The molecule has 0 aliphatic carbocycles. The Kier molecular flexibility index (Phi) is 7.45. The Bertz CT molecular complexity index is 775. The highest BCUT2D eigenvalue weighted by Crippen LogP contribution is 2.32. The zero-order valence-corrected chi connectivity index (χ0v) is 16.2. The fourth-order valence-electron chi connectivity index (χ4n) is 2.72. The molecule has 154 valence electrons. The molecule has 1 N–H and O–H groups in total. The second-order valence-corrected chi connectivity index (χ2v) is 6.64. The topological polar surface area (TPSA) is 59.4 Å². The molecule has 6 nitrogen and oxygen atoms in total. The Labute approximate surface area is 162 Å². The van der Waals surface area contributed by atoms with Gasteiger partial charge in [-0.2, -0.15) is 13.2 Å². The third-order valence-corrected chi connectivity index (χ3v) is 4.06. The fourth-order valence-corrected chi connectivity index (χ4v) is 2.72. The lowest BCUT2D eigenvalue weighted by atomic mass is 10.1. The van der Waals surface area contributed by atoms with Crippen molar-refractivity contribution in [2.24, 2.45) is 0 Å². The van der Waals surface area contributed by atoms with Crippen molar-refractivity contribution < 1.29 is 22.7 Å². The van der Waals surface area contributed by atoms with Crippen LogP contribution in [0.2, 0.25) is 0 Å². The molecule has 1 aromatic heterocycles. The van der Waals surface area contributed by atoms with E-state index in [9.17, 15) is 18.0 Å². The molecule has 0 aliphatic heterocycles. The van der Waals surface area contributed by atoms with Crippen LogP contribution in [0, 0.1) is 0 Å². The summed E-state index contributed by atoms with van der Waals surface area (Å²) in [6.07, 6.45) is -1.31. The first-order valence-corrected chi connectivity index (χ1v) is 8.92. The molecular formula is C19H25F3N4O2. The zero-order chi connectivity index (χ0) is 20.7. The molecule has 9 heteroatoms. The molecule has 2 rings (SSSR count). The number of nitrogens with zero attached hydrogens (tertiary/aromatic N) is 3. The molecule has 0 fully saturated rings. The van der Waals surface area contributed by atoms with Gasteiger partial charge in [0.05, 0.1) is 18.7 Å². The molecule has 2 amide bonds. The van der Waals surface area contributed by atoms with Gasteiger partial charge in [0.25, 0.3) is 0 Å². The summed E-state index contributed by atoms with van der Waals surface area (Å²) in [5.74, 6) is 0.493. The van der Waals surface area contributed by atoms with Crippen molar-refractivity contribution in [3.8, 4) is 0 Å². The Morgan fingerprint density at radius 1 is 1.32 bits per heavy atom. The summed E-state index contributed by atoms with van der Waals surface area (Å²) in [4.78, 5) is 18.2. The standard InChI is InChI=1S/C19H25F3N4O2/c1-14(2)24-18(27)26(10-11-28-3)13-17-23-8-9-25(17)12-15-6-4-5-7-16(15)19(20,21)22/h4-9,14H,10-13H2,1-3H3,(H,24,27). The molecule has 0 saturated heterocycles. The Hall–Kier alpha value is -2.55. The first-order chi connectivity index (χ1) is 13.2. The van der Waals surface area contributed by atoms with Crippen molar-refractivity contribution in [1.82, 2.24) is 19.8 Å². The van der Waals surface area contributed by atoms with Crippen LogP contribution < -0.4 is 5.32 Å². The normalized spacial score (nSPS) is 11.7. The van der Waals surface area contributed by atoms with Crippen LogP contribution in [0.5, 0.6) is 0 Å². The van der Waals surface area contributed by atoms with Crippen LogP contribution in [0.1, 0.15) is 30.8 Å². The summed E-state index contributed by atoms with van der Waals surface area (Å²) in [6.45, 7) is 4.53. The predicted octanol–water partition coefficient (Wildman–Crippen LogP) is 3.52. The third-order valence-electron chi connectivity index (χ3n) is 4.06. The van der Waals surface area contributed by atoms with E-state index >= 15 is 0 Å². The van der Waals surface area contributed by atoms with Crippen LogP contribution in [0.15, 0.2) is 36.7 Å². The van der Waals surface area contributed by atoms with Crippen LogP contribution in [-0.2, 0) is 24.0 Å². The molecule has 0 saturated carbocycles. The van der Waals surface area contributed by atoms with E-state index in [1.165, 1.54) is 30.3 Å². The minimum absolute atomic E-state index is 0.00886. The van der Waals surface area contributed by atoms with E-state index in [0.717, 1.165) is 6.07 Å². The van der Waals surface area contributed by atoms with Crippen molar-refractivity contribution in [2.75, 3.05) is 20.3 Å². The number of aromatic nitrogens is 2. The summed E-state index contributed by atoms with van der Waals surface area (Å²) in [5.41, 5.74) is -0.534. The number of urea groups is 1. The van der Waals surface area contributed by atoms with Gasteiger partial charge in [0.2, 0.25) is 0 Å². The van der Waals surface area contributed by atoms with E-state index in [2.05, 4.69) is 10.3 Å². The summed E-state index contributed by atoms with van der Waals surface area (Å²) in [6, 6.07) is 5.12. The average Bonchev–Trinajstić information content (AvgIpc) is 3.04. The Balaban J connectivity index is 2.21. The molecule has 0 aliphatic rings. The van der Waals surface area contributed by atoms with E-state index < -0.39 is 11.7 Å². The molecule has 2 aromatic rings. The lowest BCUT2D eigenvalue weighted by Gasteiger charge is -2.24. The maximum absolute atomic E-state index is 13.3. The lowest BCUT2D eigenvalue weighted by molar-refractivity contribution is -0.138. The number of hydrogen-bond donors (Lipinski definition) is 1. The molecule has 0 radical (unpaired) electrons. The maximum Gasteiger partial charge on any atom is 0.416 e. The van der Waals surface area contributed by atoms with Gasteiger partial charge >= 0.3 is 12.2 Å².